The molecule has 2 nitrogen and oxygen atoms in total. The number of hydrogen-bond donors (Lipinski definition) is 1. The van der Waals surface area contributed by atoms with Crippen LogP contribution in [0, 0.1) is 5.92 Å². The van der Waals surface area contributed by atoms with E-state index in [9.17, 15) is 4.79 Å². The first-order valence-electron chi connectivity index (χ1n) is 4.36. The molecule has 0 aliphatic rings. The molecule has 0 aliphatic carbocycles. The van der Waals surface area contributed by atoms with Crippen molar-refractivity contribution in [3.63, 3.8) is 0 Å². The molecule has 0 rings (SSSR count). The van der Waals surface area contributed by atoms with E-state index in [1.165, 1.54) is 0 Å². The van der Waals surface area contributed by atoms with E-state index in [0.29, 0.717) is 12.3 Å². The second-order valence-electron chi connectivity index (χ2n) is 3.46. The minimum absolute atomic E-state index is 0.210. The number of hydrogen-bond acceptors (Lipinski definition) is 2. The molecule has 1 atom stereocenters. The SMILES string of the molecule is CCC[C@H](N)C(=O)CC(C)C. The van der Waals surface area contributed by atoms with Crippen LogP contribution in [0.3, 0.4) is 0 Å². The highest BCUT2D eigenvalue weighted by molar-refractivity contribution is 5.83. The zero-order valence-corrected chi connectivity index (χ0v) is 7.76. The smallest absolute Gasteiger partial charge is 0.149 e. The molecule has 0 heterocycles. The standard InChI is InChI=1S/C9H19NO/c1-4-5-8(10)9(11)6-7(2)3/h7-8H,4-6,10H2,1-3H3/t8-/m0/s1. The predicted molar refractivity (Wildman–Crippen MR) is 47.3 cm³/mol. The van der Waals surface area contributed by atoms with Crippen molar-refractivity contribution in [1.82, 2.24) is 0 Å². The van der Waals surface area contributed by atoms with Crippen molar-refractivity contribution >= 4 is 5.78 Å². The van der Waals surface area contributed by atoms with E-state index in [4.69, 9.17) is 5.73 Å². The van der Waals surface area contributed by atoms with Crippen molar-refractivity contribution in [3.8, 4) is 0 Å². The first-order valence-corrected chi connectivity index (χ1v) is 4.36. The van der Waals surface area contributed by atoms with Crippen LogP contribution in [0.2, 0.25) is 0 Å². The Hall–Kier alpha value is -0.370. The summed E-state index contributed by atoms with van der Waals surface area (Å²) in [4.78, 5) is 11.2. The molecule has 0 unspecified atom stereocenters. The van der Waals surface area contributed by atoms with Gasteiger partial charge in [-0.1, -0.05) is 27.2 Å². The van der Waals surface area contributed by atoms with Gasteiger partial charge in [0.05, 0.1) is 6.04 Å². The molecule has 0 bridgehead atoms. The van der Waals surface area contributed by atoms with Gasteiger partial charge in [-0.3, -0.25) is 4.79 Å². The van der Waals surface area contributed by atoms with Gasteiger partial charge in [0.1, 0.15) is 5.78 Å². The van der Waals surface area contributed by atoms with E-state index < -0.39 is 0 Å². The summed E-state index contributed by atoms with van der Waals surface area (Å²) in [5.74, 6) is 0.646. The average Bonchev–Trinajstić information content (AvgIpc) is 1.86. The Morgan fingerprint density at radius 3 is 2.36 bits per heavy atom. The van der Waals surface area contributed by atoms with Crippen molar-refractivity contribution in [2.75, 3.05) is 0 Å². The number of rotatable bonds is 5. The van der Waals surface area contributed by atoms with Crippen LogP contribution in [0.25, 0.3) is 0 Å². The molecule has 0 aromatic heterocycles. The van der Waals surface area contributed by atoms with Gasteiger partial charge < -0.3 is 5.73 Å². The minimum atomic E-state index is -0.220. The van der Waals surface area contributed by atoms with Gasteiger partial charge in [-0.25, -0.2) is 0 Å². The Morgan fingerprint density at radius 1 is 1.45 bits per heavy atom. The molecule has 0 spiro atoms. The summed E-state index contributed by atoms with van der Waals surface area (Å²) in [6.45, 7) is 6.12. The van der Waals surface area contributed by atoms with Crippen molar-refractivity contribution in [2.45, 2.75) is 46.1 Å². The van der Waals surface area contributed by atoms with Gasteiger partial charge in [0, 0.05) is 6.42 Å². The zero-order valence-electron chi connectivity index (χ0n) is 7.76. The average molecular weight is 157 g/mol. The maximum atomic E-state index is 11.2. The normalized spacial score (nSPS) is 13.5. The molecule has 66 valence electrons. The van der Waals surface area contributed by atoms with E-state index in [1.54, 1.807) is 0 Å². The molecule has 0 aliphatic heterocycles. The molecular formula is C9H19NO. The van der Waals surface area contributed by atoms with Crippen molar-refractivity contribution in [3.05, 3.63) is 0 Å². The van der Waals surface area contributed by atoms with Crippen molar-refractivity contribution in [1.29, 1.82) is 0 Å². The zero-order chi connectivity index (χ0) is 8.85. The van der Waals surface area contributed by atoms with Crippen LogP contribution < -0.4 is 5.73 Å². The lowest BCUT2D eigenvalue weighted by molar-refractivity contribution is -0.121. The summed E-state index contributed by atoms with van der Waals surface area (Å²) < 4.78 is 0. The summed E-state index contributed by atoms with van der Waals surface area (Å²) >= 11 is 0. The van der Waals surface area contributed by atoms with Gasteiger partial charge in [-0.15, -0.1) is 0 Å². The van der Waals surface area contributed by atoms with Crippen LogP contribution in [-0.4, -0.2) is 11.8 Å². The lowest BCUT2D eigenvalue weighted by Gasteiger charge is -2.10. The second kappa shape index (κ2) is 5.30. The highest BCUT2D eigenvalue weighted by atomic mass is 16.1. The Kier molecular flexibility index (Phi) is 5.12. The fraction of sp³-hybridized carbons (Fsp3) is 0.889. The van der Waals surface area contributed by atoms with Crippen LogP contribution in [0.1, 0.15) is 40.0 Å². The molecule has 0 amide bonds. The fourth-order valence-electron chi connectivity index (χ4n) is 1.03. The third kappa shape index (κ3) is 4.96. The Bertz CT molecular complexity index is 121. The maximum absolute atomic E-state index is 11.2. The van der Waals surface area contributed by atoms with Crippen molar-refractivity contribution < 1.29 is 4.79 Å². The lowest BCUT2D eigenvalue weighted by atomic mass is 10.00. The quantitative estimate of drug-likeness (QED) is 0.660. The Morgan fingerprint density at radius 2 is 2.00 bits per heavy atom. The van der Waals surface area contributed by atoms with Crippen LogP contribution in [-0.2, 0) is 4.79 Å². The van der Waals surface area contributed by atoms with Crippen LogP contribution in [0.5, 0.6) is 0 Å². The van der Waals surface area contributed by atoms with Crippen LogP contribution in [0.15, 0.2) is 0 Å². The maximum Gasteiger partial charge on any atom is 0.149 e. The van der Waals surface area contributed by atoms with Crippen molar-refractivity contribution in [2.24, 2.45) is 11.7 Å². The summed E-state index contributed by atoms with van der Waals surface area (Å²) in [6.07, 6.45) is 2.44. The molecule has 0 aromatic carbocycles. The number of carbonyl (C=O) groups is 1. The Labute approximate surface area is 69.2 Å². The number of Topliss-reactive ketones (excluding diaryl/α,β-unsaturated/α-hetero) is 1. The van der Waals surface area contributed by atoms with E-state index in [-0.39, 0.29) is 11.8 Å². The molecule has 2 N–H and O–H groups in total. The predicted octanol–water partition coefficient (Wildman–Crippen LogP) is 1.73. The van der Waals surface area contributed by atoms with E-state index >= 15 is 0 Å². The summed E-state index contributed by atoms with van der Waals surface area (Å²) in [5.41, 5.74) is 5.63. The summed E-state index contributed by atoms with van der Waals surface area (Å²) in [5, 5.41) is 0. The summed E-state index contributed by atoms with van der Waals surface area (Å²) in [7, 11) is 0. The van der Waals surface area contributed by atoms with Crippen LogP contribution in [0.4, 0.5) is 0 Å². The summed E-state index contributed by atoms with van der Waals surface area (Å²) in [6, 6.07) is -0.220. The molecule has 11 heavy (non-hydrogen) atoms. The molecule has 0 aromatic rings. The number of carbonyl (C=O) groups excluding carboxylic acids is 1. The lowest BCUT2D eigenvalue weighted by Crippen LogP contribution is -2.30. The van der Waals surface area contributed by atoms with Gasteiger partial charge in [-0.2, -0.15) is 0 Å². The third-order valence-corrected chi connectivity index (χ3v) is 1.62. The largest absolute Gasteiger partial charge is 0.322 e. The highest BCUT2D eigenvalue weighted by Gasteiger charge is 2.12. The topological polar surface area (TPSA) is 43.1 Å². The van der Waals surface area contributed by atoms with Gasteiger partial charge in [0.25, 0.3) is 0 Å². The van der Waals surface area contributed by atoms with Gasteiger partial charge in [0.2, 0.25) is 0 Å². The van der Waals surface area contributed by atoms with Crippen LogP contribution >= 0.6 is 0 Å². The molecule has 0 radical (unpaired) electrons. The van der Waals surface area contributed by atoms with E-state index in [2.05, 4.69) is 0 Å². The number of nitrogens with two attached hydrogens (primary N) is 1. The van der Waals surface area contributed by atoms with Gasteiger partial charge in [-0.05, 0) is 12.3 Å². The fourth-order valence-corrected chi connectivity index (χ4v) is 1.03. The Balaban J connectivity index is 3.64. The van der Waals surface area contributed by atoms with Gasteiger partial charge >= 0.3 is 0 Å². The molecule has 0 fully saturated rings. The third-order valence-electron chi connectivity index (χ3n) is 1.62. The van der Waals surface area contributed by atoms with E-state index in [1.807, 2.05) is 20.8 Å². The first kappa shape index (κ1) is 10.6. The molecule has 0 saturated heterocycles. The number of ketones is 1. The monoisotopic (exact) mass is 157 g/mol. The molecule has 0 saturated carbocycles. The minimum Gasteiger partial charge on any atom is -0.322 e. The van der Waals surface area contributed by atoms with E-state index in [0.717, 1.165) is 12.8 Å². The molecular weight excluding hydrogens is 138 g/mol. The highest BCUT2D eigenvalue weighted by Crippen LogP contribution is 2.04. The molecule has 2 heteroatoms. The second-order valence-corrected chi connectivity index (χ2v) is 3.46. The first-order chi connectivity index (χ1) is 5.07. The van der Waals surface area contributed by atoms with Gasteiger partial charge in [0.15, 0.2) is 0 Å².